The van der Waals surface area contributed by atoms with Crippen molar-refractivity contribution in [3.8, 4) is 0 Å². The van der Waals surface area contributed by atoms with Gasteiger partial charge in [0.05, 0.1) is 0 Å². The largest absolute Gasteiger partial charge is 0.317 e. The fourth-order valence-corrected chi connectivity index (χ4v) is 10.3. The minimum atomic E-state index is 1.09. The molecule has 0 saturated heterocycles. The first-order chi connectivity index (χ1) is 34.6. The maximum absolute atomic E-state index is 2.39. The van der Waals surface area contributed by atoms with E-state index in [0.717, 1.165) is 38.5 Å². The molecule has 0 radical (unpaired) electrons. The predicted octanol–water partition coefficient (Wildman–Crippen LogP) is 18.9. The number of unbranched alkanes of at least 4 members (excludes halogenated alkanes) is 2. The molecule has 2 aliphatic rings. The molecule has 0 heterocycles. The number of fused-ring (bicyclic) bond motifs is 3. The summed E-state index contributed by atoms with van der Waals surface area (Å²) in [7, 11) is 0. The van der Waals surface area contributed by atoms with Crippen molar-refractivity contribution in [3.63, 3.8) is 0 Å². The summed E-state index contributed by atoms with van der Waals surface area (Å²) in [4.78, 5) is 4.77. The lowest BCUT2D eigenvalue weighted by Crippen LogP contribution is -2.12. The Labute approximate surface area is 417 Å². The van der Waals surface area contributed by atoms with Crippen molar-refractivity contribution >= 4 is 69.0 Å². The summed E-state index contributed by atoms with van der Waals surface area (Å²) in [5, 5.41) is 2.47. The molecule has 0 bridgehead atoms. The summed E-state index contributed by atoms with van der Waals surface area (Å²) in [5.74, 6) is 0. The number of aryl methyl sites for hydroxylation is 4. The fraction of sp³-hybridized carbons (Fsp3) is 0.206. The van der Waals surface area contributed by atoms with E-state index in [4.69, 9.17) is 0 Å². The van der Waals surface area contributed by atoms with E-state index in [1.165, 1.54) is 139 Å². The van der Waals surface area contributed by atoms with Crippen molar-refractivity contribution in [2.45, 2.75) is 90.9 Å². The van der Waals surface area contributed by atoms with Gasteiger partial charge in [0.25, 0.3) is 0 Å². The minimum Gasteiger partial charge on any atom is -0.317 e. The smallest absolute Gasteiger partial charge is 0.0456 e. The second kappa shape index (κ2) is 22.3. The van der Waals surface area contributed by atoms with Gasteiger partial charge in [0.1, 0.15) is 0 Å². The predicted molar refractivity (Wildman–Crippen MR) is 304 cm³/mol. The zero-order valence-electron chi connectivity index (χ0n) is 41.2. The summed E-state index contributed by atoms with van der Waals surface area (Å²) in [6, 6.07) is 67.8. The highest BCUT2D eigenvalue weighted by molar-refractivity contribution is 5.89. The Morgan fingerprint density at radius 1 is 0.371 bits per heavy atom. The van der Waals surface area contributed by atoms with Crippen LogP contribution in [-0.2, 0) is 25.7 Å². The van der Waals surface area contributed by atoms with E-state index in [1.807, 2.05) is 0 Å². The third-order valence-electron chi connectivity index (χ3n) is 14.3. The molecule has 10 rings (SSSR count). The third kappa shape index (κ3) is 11.2. The molecule has 2 aliphatic carbocycles. The Balaban J connectivity index is 0.831. The van der Waals surface area contributed by atoms with Gasteiger partial charge in [-0.3, -0.25) is 0 Å². The summed E-state index contributed by atoms with van der Waals surface area (Å²) < 4.78 is 0. The van der Waals surface area contributed by atoms with E-state index < -0.39 is 0 Å². The average Bonchev–Trinajstić information content (AvgIpc) is 3.42. The van der Waals surface area contributed by atoms with Gasteiger partial charge in [0.2, 0.25) is 0 Å². The molecule has 0 fully saturated rings. The van der Waals surface area contributed by atoms with Crippen molar-refractivity contribution in [1.82, 2.24) is 0 Å². The van der Waals surface area contributed by atoms with E-state index in [-0.39, 0.29) is 0 Å². The van der Waals surface area contributed by atoms with Gasteiger partial charge in [-0.1, -0.05) is 172 Å². The van der Waals surface area contributed by atoms with Gasteiger partial charge in [-0.05, 0) is 202 Å². The number of benzene rings is 8. The van der Waals surface area contributed by atoms with Crippen LogP contribution in [0.15, 0.2) is 194 Å². The first-order valence-electron chi connectivity index (χ1n) is 26.0. The van der Waals surface area contributed by atoms with Crippen molar-refractivity contribution in [1.29, 1.82) is 0 Å². The Kier molecular flexibility index (Phi) is 14.8. The number of allylic oxidation sites excluding steroid dienone is 2. The van der Waals surface area contributed by atoms with Crippen LogP contribution in [0, 0.1) is 0 Å². The monoisotopic (exact) mass is 911 g/mol. The van der Waals surface area contributed by atoms with Gasteiger partial charge in [-0.15, -0.1) is 0 Å². The molecule has 0 aliphatic heterocycles. The van der Waals surface area contributed by atoms with Crippen LogP contribution in [0.2, 0.25) is 0 Å². The number of hydrogen-bond donors (Lipinski definition) is 0. The van der Waals surface area contributed by atoms with E-state index in [1.54, 1.807) is 0 Å². The van der Waals surface area contributed by atoms with E-state index >= 15 is 0 Å². The molecule has 8 aromatic rings. The quantitative estimate of drug-likeness (QED) is 0.0892. The SMILES string of the molecule is CCCCc1ccc(N(/C=C2/CCCc3ccccc32)c2ccc(/C=C/c3ccc4cc(/C=C/c5ccc(N(/C=C6\CCCc7ccccc76)c6ccc(CCCC)cc6)cc5)ccc4c3)cc2)cc1. The molecule has 0 saturated carbocycles. The molecule has 0 atom stereocenters. The second-order valence-corrected chi connectivity index (χ2v) is 19.3. The van der Waals surface area contributed by atoms with Crippen LogP contribution in [-0.4, -0.2) is 0 Å². The number of anilines is 4. The van der Waals surface area contributed by atoms with Gasteiger partial charge in [-0.25, -0.2) is 0 Å². The Morgan fingerprint density at radius 2 is 0.729 bits per heavy atom. The van der Waals surface area contributed by atoms with Crippen molar-refractivity contribution in [3.05, 3.63) is 250 Å². The lowest BCUT2D eigenvalue weighted by Gasteiger charge is -2.26. The van der Waals surface area contributed by atoms with Crippen LogP contribution in [0.3, 0.4) is 0 Å². The normalized spacial score (nSPS) is 14.7. The van der Waals surface area contributed by atoms with Gasteiger partial charge in [-0.2, -0.15) is 0 Å². The highest BCUT2D eigenvalue weighted by Crippen LogP contribution is 2.37. The zero-order chi connectivity index (χ0) is 47.5. The first kappa shape index (κ1) is 46.3. The Hall–Kier alpha value is -7.42. The maximum atomic E-state index is 2.39. The van der Waals surface area contributed by atoms with E-state index in [2.05, 4.69) is 242 Å². The minimum absolute atomic E-state index is 1.09. The van der Waals surface area contributed by atoms with Crippen LogP contribution >= 0.6 is 0 Å². The lowest BCUT2D eigenvalue weighted by atomic mass is 9.88. The van der Waals surface area contributed by atoms with Gasteiger partial charge < -0.3 is 9.80 Å². The molecule has 0 N–H and O–H groups in total. The molecule has 0 aromatic heterocycles. The Morgan fingerprint density at radius 3 is 1.13 bits per heavy atom. The van der Waals surface area contributed by atoms with Crippen LogP contribution in [0.5, 0.6) is 0 Å². The zero-order valence-corrected chi connectivity index (χ0v) is 41.2. The molecule has 348 valence electrons. The summed E-state index contributed by atoms with van der Waals surface area (Å²) in [6.45, 7) is 4.52. The van der Waals surface area contributed by atoms with Crippen molar-refractivity contribution in [2.24, 2.45) is 0 Å². The highest BCUT2D eigenvalue weighted by Gasteiger charge is 2.18. The standard InChI is InChI=1S/C68H66N2/c1-3-5-13-51-29-39-63(40-30-51)69(49-61-19-11-17-57-15-7-9-21-67(57)61)65-43-33-53(34-44-65)23-25-55-27-37-60-48-56(28-38-59(60)47-55)26-24-54-35-45-66(46-36-54)70(64-41-31-52(32-42-64)14-6-4-2)50-62-20-12-18-58-16-8-10-22-68(58)62/h7-10,15-16,21-50H,3-6,11-14,17-20H2,1-2H3/b25-23+,26-24+,61-49-,62-50+. The molecule has 2 nitrogen and oxygen atoms in total. The summed E-state index contributed by atoms with van der Waals surface area (Å²) in [5.41, 5.74) is 20.8. The molecular formula is C68H66N2. The number of nitrogens with zero attached hydrogens (tertiary/aromatic N) is 2. The van der Waals surface area contributed by atoms with E-state index in [9.17, 15) is 0 Å². The van der Waals surface area contributed by atoms with Gasteiger partial charge >= 0.3 is 0 Å². The highest BCUT2D eigenvalue weighted by atomic mass is 15.1. The molecule has 2 heteroatoms. The number of hydrogen-bond acceptors (Lipinski definition) is 2. The van der Waals surface area contributed by atoms with Crippen LogP contribution < -0.4 is 9.80 Å². The summed E-state index contributed by atoms with van der Waals surface area (Å²) >= 11 is 0. The Bertz CT molecular complexity index is 2930. The second-order valence-electron chi connectivity index (χ2n) is 19.3. The topological polar surface area (TPSA) is 6.48 Å². The average molecular weight is 911 g/mol. The summed E-state index contributed by atoms with van der Waals surface area (Å²) in [6.07, 6.45) is 27.7. The van der Waals surface area contributed by atoms with E-state index in [0.29, 0.717) is 0 Å². The molecule has 0 unspecified atom stereocenters. The molecule has 70 heavy (non-hydrogen) atoms. The maximum Gasteiger partial charge on any atom is 0.0456 e. The van der Waals surface area contributed by atoms with Crippen molar-refractivity contribution < 1.29 is 0 Å². The third-order valence-corrected chi connectivity index (χ3v) is 14.3. The molecule has 0 amide bonds. The van der Waals surface area contributed by atoms with Crippen LogP contribution in [0.4, 0.5) is 22.7 Å². The first-order valence-corrected chi connectivity index (χ1v) is 26.0. The van der Waals surface area contributed by atoms with Crippen LogP contribution in [0.1, 0.15) is 121 Å². The lowest BCUT2D eigenvalue weighted by molar-refractivity contribution is 0.795. The van der Waals surface area contributed by atoms with Crippen LogP contribution in [0.25, 0.3) is 46.2 Å². The molecular weight excluding hydrogens is 845 g/mol. The fourth-order valence-electron chi connectivity index (χ4n) is 10.3. The van der Waals surface area contributed by atoms with Gasteiger partial charge in [0, 0.05) is 35.1 Å². The molecule has 0 spiro atoms. The van der Waals surface area contributed by atoms with Crippen molar-refractivity contribution in [2.75, 3.05) is 9.80 Å². The number of rotatable bonds is 16. The molecule has 8 aromatic carbocycles. The van der Waals surface area contributed by atoms with Gasteiger partial charge in [0.15, 0.2) is 0 Å².